The molecule has 0 unspecified atom stereocenters. The highest BCUT2D eigenvalue weighted by atomic mass is 35.5. The monoisotopic (exact) mass is 427 g/mol. The first-order valence-corrected chi connectivity index (χ1v) is 10.6. The first-order valence-electron chi connectivity index (χ1n) is 6.65. The van der Waals surface area contributed by atoms with Crippen LogP contribution in [0.3, 0.4) is 0 Å². The van der Waals surface area contributed by atoms with Gasteiger partial charge in [0.1, 0.15) is 4.21 Å². The first kappa shape index (κ1) is 23.6. The summed E-state index contributed by atoms with van der Waals surface area (Å²) < 4.78 is 76.4. The standard InChI is InChI=1S/C11H19F2N3O4S3.ClH/c1-2-22(17,18)15-6-5-9-3-4-10(21-9)23(19,20)16-8-11(12,13)7-14;/h3-4,15-16H,2,5-8,14H2,1H3;1H. The van der Waals surface area contributed by atoms with E-state index in [4.69, 9.17) is 5.73 Å². The second-order valence-corrected chi connectivity index (χ2v) is 9.91. The summed E-state index contributed by atoms with van der Waals surface area (Å²) in [6.45, 7) is -0.395. The zero-order valence-electron chi connectivity index (χ0n) is 12.8. The topological polar surface area (TPSA) is 118 Å². The van der Waals surface area contributed by atoms with E-state index in [1.807, 2.05) is 4.72 Å². The number of sulfonamides is 2. The second-order valence-electron chi connectivity index (χ2n) is 4.65. The zero-order chi connectivity index (χ0) is 17.7. The maximum absolute atomic E-state index is 13.0. The summed E-state index contributed by atoms with van der Waals surface area (Å²) in [5.41, 5.74) is 4.84. The fraction of sp³-hybridized carbons (Fsp3) is 0.636. The van der Waals surface area contributed by atoms with Crippen molar-refractivity contribution in [2.24, 2.45) is 5.73 Å². The van der Waals surface area contributed by atoms with E-state index in [1.54, 1.807) is 0 Å². The van der Waals surface area contributed by atoms with Crippen molar-refractivity contribution in [3.63, 3.8) is 0 Å². The second kappa shape index (κ2) is 9.36. The third-order valence-electron chi connectivity index (χ3n) is 2.79. The Labute approximate surface area is 150 Å². The number of nitrogens with two attached hydrogens (primary N) is 1. The molecule has 0 radical (unpaired) electrons. The molecule has 24 heavy (non-hydrogen) atoms. The Bertz CT molecular complexity index is 723. The molecule has 0 bridgehead atoms. The average molecular weight is 428 g/mol. The fourth-order valence-electron chi connectivity index (χ4n) is 1.41. The molecule has 13 heteroatoms. The van der Waals surface area contributed by atoms with Gasteiger partial charge in [-0.2, -0.15) is 0 Å². The highest BCUT2D eigenvalue weighted by Gasteiger charge is 2.29. The summed E-state index contributed by atoms with van der Waals surface area (Å²) in [7, 11) is -7.36. The Morgan fingerprint density at radius 3 is 2.38 bits per heavy atom. The van der Waals surface area contributed by atoms with E-state index in [0.717, 1.165) is 11.3 Å². The number of hydrogen-bond donors (Lipinski definition) is 3. The highest BCUT2D eigenvalue weighted by molar-refractivity contribution is 7.91. The number of thiophene rings is 1. The van der Waals surface area contributed by atoms with E-state index in [0.29, 0.717) is 11.3 Å². The Morgan fingerprint density at radius 1 is 1.21 bits per heavy atom. The third-order valence-corrected chi connectivity index (χ3v) is 7.24. The van der Waals surface area contributed by atoms with E-state index < -0.39 is 39.1 Å². The molecule has 0 aliphatic heterocycles. The predicted molar refractivity (Wildman–Crippen MR) is 91.9 cm³/mol. The third kappa shape index (κ3) is 7.68. The molecule has 1 aromatic rings. The minimum atomic E-state index is -4.05. The average Bonchev–Trinajstić information content (AvgIpc) is 2.95. The van der Waals surface area contributed by atoms with Gasteiger partial charge in [0.15, 0.2) is 0 Å². The molecule has 1 heterocycles. The van der Waals surface area contributed by atoms with Crippen LogP contribution in [0.2, 0.25) is 0 Å². The van der Waals surface area contributed by atoms with Crippen LogP contribution in [-0.4, -0.2) is 48.1 Å². The van der Waals surface area contributed by atoms with Crippen LogP contribution >= 0.6 is 23.7 Å². The molecule has 7 nitrogen and oxygen atoms in total. The van der Waals surface area contributed by atoms with Crippen LogP contribution in [0.15, 0.2) is 16.3 Å². The van der Waals surface area contributed by atoms with Gasteiger partial charge in [0.25, 0.3) is 5.92 Å². The van der Waals surface area contributed by atoms with Gasteiger partial charge in [0.05, 0.1) is 18.8 Å². The van der Waals surface area contributed by atoms with E-state index in [1.165, 1.54) is 19.1 Å². The lowest BCUT2D eigenvalue weighted by Crippen LogP contribution is -2.41. The number of hydrogen-bond acceptors (Lipinski definition) is 6. The molecule has 0 spiro atoms. The van der Waals surface area contributed by atoms with Gasteiger partial charge in [-0.1, -0.05) is 0 Å². The summed E-state index contributed by atoms with van der Waals surface area (Å²) in [5, 5.41) is 0. The zero-order valence-corrected chi connectivity index (χ0v) is 16.1. The van der Waals surface area contributed by atoms with Gasteiger partial charge in [-0.25, -0.2) is 35.1 Å². The first-order chi connectivity index (χ1) is 10.5. The Kier molecular flexibility index (Phi) is 9.22. The van der Waals surface area contributed by atoms with Crippen molar-refractivity contribution in [1.29, 1.82) is 0 Å². The molecular formula is C11H20ClF2N3O4S3. The van der Waals surface area contributed by atoms with Gasteiger partial charge in [0, 0.05) is 11.4 Å². The summed E-state index contributed by atoms with van der Waals surface area (Å²) in [6, 6.07) is 2.80. The Balaban J connectivity index is 0.00000529. The number of nitrogens with one attached hydrogen (secondary N) is 2. The lowest BCUT2D eigenvalue weighted by Gasteiger charge is -2.13. The molecule has 0 aromatic carbocycles. The van der Waals surface area contributed by atoms with Crippen molar-refractivity contribution >= 4 is 43.8 Å². The van der Waals surface area contributed by atoms with E-state index >= 15 is 0 Å². The summed E-state index contributed by atoms with van der Waals surface area (Å²) in [4.78, 5) is 0.620. The molecule has 0 saturated heterocycles. The highest BCUT2D eigenvalue weighted by Crippen LogP contribution is 2.22. The predicted octanol–water partition coefficient (Wildman–Crippen LogP) is 0.524. The normalized spacial score (nSPS) is 12.8. The van der Waals surface area contributed by atoms with Gasteiger partial charge < -0.3 is 5.73 Å². The molecule has 1 rings (SSSR count). The summed E-state index contributed by atoms with van der Waals surface area (Å²) in [6.07, 6.45) is 0.304. The molecule has 0 saturated carbocycles. The van der Waals surface area contributed by atoms with Gasteiger partial charge in [-0.15, -0.1) is 23.7 Å². The molecule has 0 aliphatic carbocycles. The fourth-order valence-corrected chi connectivity index (χ4v) is 4.49. The van der Waals surface area contributed by atoms with Crippen molar-refractivity contribution in [3.05, 3.63) is 17.0 Å². The largest absolute Gasteiger partial charge is 0.325 e. The lowest BCUT2D eigenvalue weighted by atomic mass is 10.3. The van der Waals surface area contributed by atoms with Crippen molar-refractivity contribution in [3.8, 4) is 0 Å². The SMILES string of the molecule is CCS(=O)(=O)NCCc1ccc(S(=O)(=O)NCC(F)(F)CN)s1.Cl. The molecule has 4 N–H and O–H groups in total. The van der Waals surface area contributed by atoms with E-state index in [9.17, 15) is 25.6 Å². The molecule has 142 valence electrons. The molecule has 0 amide bonds. The van der Waals surface area contributed by atoms with Crippen LogP contribution in [-0.2, 0) is 26.5 Å². The number of alkyl halides is 2. The minimum Gasteiger partial charge on any atom is -0.325 e. The van der Waals surface area contributed by atoms with Crippen molar-refractivity contribution in [2.45, 2.75) is 23.5 Å². The molecule has 0 atom stereocenters. The van der Waals surface area contributed by atoms with Crippen LogP contribution in [0.25, 0.3) is 0 Å². The number of rotatable bonds is 10. The van der Waals surface area contributed by atoms with Crippen LogP contribution in [0.1, 0.15) is 11.8 Å². The van der Waals surface area contributed by atoms with Gasteiger partial charge in [-0.3, -0.25) is 0 Å². The summed E-state index contributed by atoms with van der Waals surface area (Å²) >= 11 is 0.895. The van der Waals surface area contributed by atoms with Gasteiger partial charge in [-0.05, 0) is 25.5 Å². The van der Waals surface area contributed by atoms with E-state index in [-0.39, 0.29) is 28.9 Å². The van der Waals surface area contributed by atoms with Crippen LogP contribution < -0.4 is 15.2 Å². The van der Waals surface area contributed by atoms with Crippen LogP contribution in [0, 0.1) is 0 Å². The molecule has 0 aliphatic rings. The maximum Gasteiger partial charge on any atom is 0.273 e. The van der Waals surface area contributed by atoms with Crippen LogP contribution in [0.4, 0.5) is 8.78 Å². The number of halogens is 3. The van der Waals surface area contributed by atoms with Gasteiger partial charge >= 0.3 is 0 Å². The van der Waals surface area contributed by atoms with Crippen molar-refractivity contribution in [1.82, 2.24) is 9.44 Å². The smallest absolute Gasteiger partial charge is 0.273 e. The minimum absolute atomic E-state index is 0. The lowest BCUT2D eigenvalue weighted by molar-refractivity contribution is 0.0170. The maximum atomic E-state index is 13.0. The quantitative estimate of drug-likeness (QED) is 0.503. The van der Waals surface area contributed by atoms with E-state index in [2.05, 4.69) is 4.72 Å². The van der Waals surface area contributed by atoms with Crippen molar-refractivity contribution < 1.29 is 25.6 Å². The van der Waals surface area contributed by atoms with Crippen molar-refractivity contribution in [2.75, 3.05) is 25.4 Å². The molecule has 0 fully saturated rings. The van der Waals surface area contributed by atoms with Crippen LogP contribution in [0.5, 0.6) is 0 Å². The summed E-state index contributed by atoms with van der Waals surface area (Å²) in [5.74, 6) is -3.36. The van der Waals surface area contributed by atoms with Gasteiger partial charge in [0.2, 0.25) is 20.0 Å². The Hall–Kier alpha value is -0.370. The Morgan fingerprint density at radius 2 is 1.83 bits per heavy atom. The molecule has 1 aromatic heterocycles. The molecular weight excluding hydrogens is 408 g/mol.